The van der Waals surface area contributed by atoms with Gasteiger partial charge in [-0.25, -0.2) is 0 Å². The van der Waals surface area contributed by atoms with Gasteiger partial charge in [0.15, 0.2) is 0 Å². The highest BCUT2D eigenvalue weighted by Gasteiger charge is 2.04. The number of nitrogens with zero attached hydrogens (tertiary/aromatic N) is 1. The summed E-state index contributed by atoms with van der Waals surface area (Å²) in [6.45, 7) is 0.757. The second-order valence-electron chi connectivity index (χ2n) is 4.35. The number of benzene rings is 2. The van der Waals surface area contributed by atoms with Gasteiger partial charge in [-0.2, -0.15) is 0 Å². The third-order valence-corrected chi connectivity index (χ3v) is 3.45. The fraction of sp³-hybridized carbons (Fsp3) is 0.0667. The first kappa shape index (κ1) is 11.2. The molecule has 0 bridgehead atoms. The maximum Gasteiger partial charge on any atom is 0.0490 e. The summed E-state index contributed by atoms with van der Waals surface area (Å²) >= 11 is 6.20. The molecule has 2 N–H and O–H groups in total. The van der Waals surface area contributed by atoms with Crippen molar-refractivity contribution in [1.82, 2.24) is 4.57 Å². The molecule has 0 aliphatic heterocycles. The first-order valence-electron chi connectivity index (χ1n) is 5.82. The molecule has 18 heavy (non-hydrogen) atoms. The number of fused-ring (bicyclic) bond motifs is 1. The predicted molar refractivity (Wildman–Crippen MR) is 76.9 cm³/mol. The van der Waals surface area contributed by atoms with Crippen molar-refractivity contribution >= 4 is 28.2 Å². The van der Waals surface area contributed by atoms with Crippen molar-refractivity contribution in [3.8, 4) is 0 Å². The van der Waals surface area contributed by atoms with Crippen LogP contribution in [0.5, 0.6) is 0 Å². The third kappa shape index (κ3) is 1.95. The zero-order valence-corrected chi connectivity index (χ0v) is 10.6. The quantitative estimate of drug-likeness (QED) is 0.692. The number of nitrogens with two attached hydrogens (primary N) is 1. The van der Waals surface area contributed by atoms with Gasteiger partial charge in [-0.15, -0.1) is 0 Å². The van der Waals surface area contributed by atoms with E-state index in [4.69, 9.17) is 17.3 Å². The minimum atomic E-state index is 0.695. The molecule has 0 amide bonds. The Morgan fingerprint density at radius 3 is 2.72 bits per heavy atom. The molecule has 0 aliphatic carbocycles. The van der Waals surface area contributed by atoms with Crippen LogP contribution < -0.4 is 5.73 Å². The first-order chi connectivity index (χ1) is 8.74. The standard InChI is InChI=1S/C15H13ClN2/c16-14-9-13(17)6-5-12(14)10-18-8-7-11-3-1-2-4-15(11)18/h1-9H,10,17H2. The number of hydrogen-bond acceptors (Lipinski definition) is 1. The monoisotopic (exact) mass is 256 g/mol. The van der Waals surface area contributed by atoms with Gasteiger partial charge in [-0.05, 0) is 35.2 Å². The zero-order chi connectivity index (χ0) is 12.5. The number of hydrogen-bond donors (Lipinski definition) is 1. The summed E-state index contributed by atoms with van der Waals surface area (Å²) in [4.78, 5) is 0. The van der Waals surface area contributed by atoms with Crippen LogP contribution in [-0.2, 0) is 6.54 Å². The molecule has 0 saturated heterocycles. The first-order valence-corrected chi connectivity index (χ1v) is 6.19. The van der Waals surface area contributed by atoms with Crippen LogP contribution in [0.1, 0.15) is 5.56 Å². The van der Waals surface area contributed by atoms with Gasteiger partial charge < -0.3 is 10.3 Å². The average molecular weight is 257 g/mol. The third-order valence-electron chi connectivity index (χ3n) is 3.10. The lowest BCUT2D eigenvalue weighted by Gasteiger charge is -2.08. The fourth-order valence-corrected chi connectivity index (χ4v) is 2.40. The Balaban J connectivity index is 2.01. The molecule has 2 aromatic carbocycles. The Kier molecular flexibility index (Phi) is 2.73. The average Bonchev–Trinajstić information content (AvgIpc) is 2.76. The zero-order valence-electron chi connectivity index (χ0n) is 9.81. The molecular weight excluding hydrogens is 244 g/mol. The van der Waals surface area contributed by atoms with Gasteiger partial charge in [0.05, 0.1) is 0 Å². The van der Waals surface area contributed by atoms with Crippen molar-refractivity contribution in [3.05, 3.63) is 65.3 Å². The van der Waals surface area contributed by atoms with Crippen LogP contribution in [0.3, 0.4) is 0 Å². The normalized spacial score (nSPS) is 10.9. The fourth-order valence-electron chi connectivity index (χ4n) is 2.15. The van der Waals surface area contributed by atoms with E-state index < -0.39 is 0 Å². The number of anilines is 1. The van der Waals surface area contributed by atoms with Gasteiger partial charge in [0, 0.05) is 29.0 Å². The highest BCUT2D eigenvalue weighted by molar-refractivity contribution is 6.31. The van der Waals surface area contributed by atoms with Gasteiger partial charge in [0.2, 0.25) is 0 Å². The molecule has 0 atom stereocenters. The van der Waals surface area contributed by atoms with Gasteiger partial charge in [-0.3, -0.25) is 0 Å². The summed E-state index contributed by atoms with van der Waals surface area (Å²) in [6.07, 6.45) is 2.08. The summed E-state index contributed by atoms with van der Waals surface area (Å²) in [5.74, 6) is 0. The number of rotatable bonds is 2. The predicted octanol–water partition coefficient (Wildman–Crippen LogP) is 3.93. The minimum absolute atomic E-state index is 0.695. The van der Waals surface area contributed by atoms with E-state index in [2.05, 4.69) is 29.0 Å². The Morgan fingerprint density at radius 2 is 1.89 bits per heavy atom. The number of para-hydroxylation sites is 1. The number of nitrogen functional groups attached to an aromatic ring is 1. The van der Waals surface area contributed by atoms with E-state index in [0.29, 0.717) is 10.7 Å². The maximum atomic E-state index is 6.20. The summed E-state index contributed by atoms with van der Waals surface area (Å²) in [5.41, 5.74) is 8.69. The molecule has 0 fully saturated rings. The lowest BCUT2D eigenvalue weighted by atomic mass is 10.2. The van der Waals surface area contributed by atoms with Crippen molar-refractivity contribution in [2.45, 2.75) is 6.54 Å². The van der Waals surface area contributed by atoms with Crippen molar-refractivity contribution in [2.75, 3.05) is 5.73 Å². The van der Waals surface area contributed by atoms with E-state index in [1.54, 1.807) is 6.07 Å². The van der Waals surface area contributed by atoms with Gasteiger partial charge in [0.1, 0.15) is 0 Å². The summed E-state index contributed by atoms with van der Waals surface area (Å²) < 4.78 is 2.19. The smallest absolute Gasteiger partial charge is 0.0490 e. The molecule has 0 radical (unpaired) electrons. The van der Waals surface area contributed by atoms with E-state index in [1.165, 1.54) is 10.9 Å². The molecule has 2 nitrogen and oxygen atoms in total. The molecule has 90 valence electrons. The summed E-state index contributed by atoms with van der Waals surface area (Å²) in [6, 6.07) is 16.1. The lowest BCUT2D eigenvalue weighted by molar-refractivity contribution is 0.837. The van der Waals surface area contributed by atoms with Crippen LogP contribution in [0.2, 0.25) is 5.02 Å². The Labute approximate surface area is 111 Å². The number of halogens is 1. The lowest BCUT2D eigenvalue weighted by Crippen LogP contribution is -1.99. The molecule has 3 heteroatoms. The molecule has 3 rings (SSSR count). The highest BCUT2D eigenvalue weighted by atomic mass is 35.5. The number of aromatic nitrogens is 1. The van der Waals surface area contributed by atoms with Crippen LogP contribution >= 0.6 is 11.6 Å². The summed E-state index contributed by atoms with van der Waals surface area (Å²) in [7, 11) is 0. The van der Waals surface area contributed by atoms with Crippen molar-refractivity contribution in [2.24, 2.45) is 0 Å². The van der Waals surface area contributed by atoms with Crippen LogP contribution in [-0.4, -0.2) is 4.57 Å². The van der Waals surface area contributed by atoms with Crippen molar-refractivity contribution in [1.29, 1.82) is 0 Å². The van der Waals surface area contributed by atoms with Crippen molar-refractivity contribution < 1.29 is 0 Å². The van der Waals surface area contributed by atoms with Gasteiger partial charge >= 0.3 is 0 Å². The van der Waals surface area contributed by atoms with E-state index in [0.717, 1.165) is 12.1 Å². The van der Waals surface area contributed by atoms with E-state index >= 15 is 0 Å². The van der Waals surface area contributed by atoms with E-state index in [1.807, 2.05) is 24.3 Å². The maximum absolute atomic E-state index is 6.20. The van der Waals surface area contributed by atoms with E-state index in [-0.39, 0.29) is 0 Å². The molecule has 3 aromatic rings. The van der Waals surface area contributed by atoms with Crippen LogP contribution in [0.15, 0.2) is 54.7 Å². The summed E-state index contributed by atoms with van der Waals surface area (Å²) in [5, 5.41) is 1.96. The Hall–Kier alpha value is -1.93. The van der Waals surface area contributed by atoms with Gasteiger partial charge in [0.25, 0.3) is 0 Å². The molecule has 0 aliphatic rings. The molecule has 0 saturated carbocycles. The second kappa shape index (κ2) is 4.39. The Morgan fingerprint density at radius 1 is 1.06 bits per heavy atom. The molecule has 0 unspecified atom stereocenters. The van der Waals surface area contributed by atoms with Gasteiger partial charge in [-0.1, -0.05) is 35.9 Å². The molecular formula is C15H13ClN2. The molecule has 1 heterocycles. The van der Waals surface area contributed by atoms with E-state index in [9.17, 15) is 0 Å². The SMILES string of the molecule is Nc1ccc(Cn2ccc3ccccc32)c(Cl)c1. The van der Waals surface area contributed by atoms with Crippen LogP contribution in [0.4, 0.5) is 5.69 Å². The molecule has 0 spiro atoms. The second-order valence-corrected chi connectivity index (χ2v) is 4.76. The van der Waals surface area contributed by atoms with Crippen LogP contribution in [0.25, 0.3) is 10.9 Å². The largest absolute Gasteiger partial charge is 0.399 e. The molecule has 1 aromatic heterocycles. The highest BCUT2D eigenvalue weighted by Crippen LogP contribution is 2.22. The van der Waals surface area contributed by atoms with Crippen LogP contribution in [0, 0.1) is 0 Å². The van der Waals surface area contributed by atoms with Crippen molar-refractivity contribution in [3.63, 3.8) is 0 Å². The minimum Gasteiger partial charge on any atom is -0.399 e. The topological polar surface area (TPSA) is 30.9 Å². The Bertz CT molecular complexity index is 701.